The molecular weight excluding hydrogens is 322 g/mol. The van der Waals surface area contributed by atoms with Crippen molar-refractivity contribution in [2.75, 3.05) is 18.0 Å². The van der Waals surface area contributed by atoms with Gasteiger partial charge in [0, 0.05) is 13.1 Å². The maximum absolute atomic E-state index is 12.7. The topological polar surface area (TPSA) is 66.6 Å². The van der Waals surface area contributed by atoms with Crippen molar-refractivity contribution in [3.63, 3.8) is 0 Å². The highest BCUT2D eigenvalue weighted by molar-refractivity contribution is 5.86. The number of nitrogens with zero attached hydrogens (tertiary/aromatic N) is 2. The number of carboxylic acid groups (broad SMARTS) is 1. The van der Waals surface area contributed by atoms with E-state index in [1.54, 1.807) is 0 Å². The number of alkyl halides is 6. The summed E-state index contributed by atoms with van der Waals surface area (Å²) in [5.41, 5.74) is -1.70. The molecule has 1 N–H and O–H groups in total. The second-order valence-electron chi connectivity index (χ2n) is 4.78. The Morgan fingerprint density at radius 2 is 1.73 bits per heavy atom. The van der Waals surface area contributed by atoms with Crippen LogP contribution in [0.3, 0.4) is 0 Å². The SMILES string of the molecule is O=C(O)c1oc(N2CCC(C(F)(F)F)CC2)nc1C(F)(F)F. The smallest absolute Gasteiger partial charge is 0.437 e. The van der Waals surface area contributed by atoms with E-state index in [1.165, 1.54) is 0 Å². The Hall–Kier alpha value is -1.94. The van der Waals surface area contributed by atoms with Crippen LogP contribution in [0.2, 0.25) is 0 Å². The van der Waals surface area contributed by atoms with E-state index in [-0.39, 0.29) is 25.9 Å². The van der Waals surface area contributed by atoms with Gasteiger partial charge in [-0.3, -0.25) is 0 Å². The van der Waals surface area contributed by atoms with E-state index in [0.717, 1.165) is 4.90 Å². The molecule has 2 heterocycles. The molecule has 11 heteroatoms. The summed E-state index contributed by atoms with van der Waals surface area (Å²) in [7, 11) is 0. The fourth-order valence-corrected chi connectivity index (χ4v) is 2.18. The summed E-state index contributed by atoms with van der Waals surface area (Å²) in [6, 6.07) is -0.634. The van der Waals surface area contributed by atoms with Crippen LogP contribution in [0, 0.1) is 5.92 Å². The summed E-state index contributed by atoms with van der Waals surface area (Å²) in [5, 5.41) is 8.69. The molecule has 1 fully saturated rings. The average molecular weight is 332 g/mol. The molecule has 22 heavy (non-hydrogen) atoms. The summed E-state index contributed by atoms with van der Waals surface area (Å²) < 4.78 is 80.1. The Morgan fingerprint density at radius 1 is 1.18 bits per heavy atom. The van der Waals surface area contributed by atoms with E-state index in [1.807, 2.05) is 0 Å². The lowest BCUT2D eigenvalue weighted by Crippen LogP contribution is -2.39. The lowest BCUT2D eigenvalue weighted by atomic mass is 9.97. The fourth-order valence-electron chi connectivity index (χ4n) is 2.18. The highest BCUT2D eigenvalue weighted by Crippen LogP contribution is 2.37. The Balaban J connectivity index is 2.20. The first-order valence-electron chi connectivity index (χ1n) is 6.13. The zero-order chi connectivity index (χ0) is 16.7. The number of carboxylic acids is 1. The van der Waals surface area contributed by atoms with Crippen LogP contribution in [0.15, 0.2) is 4.42 Å². The summed E-state index contributed by atoms with van der Waals surface area (Å²) >= 11 is 0. The number of aromatic carboxylic acids is 1. The van der Waals surface area contributed by atoms with Gasteiger partial charge in [-0.15, -0.1) is 0 Å². The van der Waals surface area contributed by atoms with Crippen LogP contribution in [-0.4, -0.2) is 35.3 Å². The van der Waals surface area contributed by atoms with Crippen molar-refractivity contribution in [1.29, 1.82) is 0 Å². The number of halogens is 6. The van der Waals surface area contributed by atoms with Crippen LogP contribution in [0.1, 0.15) is 29.1 Å². The Bertz CT molecular complexity index is 557. The average Bonchev–Trinajstić information content (AvgIpc) is 2.83. The van der Waals surface area contributed by atoms with Crippen molar-refractivity contribution in [2.24, 2.45) is 5.92 Å². The van der Waals surface area contributed by atoms with Gasteiger partial charge in [-0.2, -0.15) is 31.3 Å². The number of aromatic nitrogens is 1. The van der Waals surface area contributed by atoms with Gasteiger partial charge in [0.25, 0.3) is 6.01 Å². The third-order valence-corrected chi connectivity index (χ3v) is 3.31. The molecule has 1 saturated heterocycles. The van der Waals surface area contributed by atoms with Gasteiger partial charge >= 0.3 is 18.3 Å². The quantitative estimate of drug-likeness (QED) is 0.843. The third-order valence-electron chi connectivity index (χ3n) is 3.31. The van der Waals surface area contributed by atoms with Crippen molar-refractivity contribution >= 4 is 12.0 Å². The predicted molar refractivity (Wildman–Crippen MR) is 59.5 cm³/mol. The molecule has 1 aromatic rings. The Morgan fingerprint density at radius 3 is 2.09 bits per heavy atom. The molecule has 2 rings (SSSR count). The zero-order valence-corrected chi connectivity index (χ0v) is 10.8. The predicted octanol–water partition coefficient (Wildman–Crippen LogP) is 3.17. The van der Waals surface area contributed by atoms with Crippen LogP contribution < -0.4 is 4.90 Å². The zero-order valence-electron chi connectivity index (χ0n) is 10.8. The minimum atomic E-state index is -5.03. The number of piperidine rings is 1. The maximum Gasteiger partial charge on any atom is 0.437 e. The molecule has 1 aliphatic rings. The highest BCUT2D eigenvalue weighted by atomic mass is 19.4. The number of rotatable bonds is 2. The van der Waals surface area contributed by atoms with E-state index >= 15 is 0 Å². The molecule has 0 amide bonds. The van der Waals surface area contributed by atoms with Gasteiger partial charge in [-0.25, -0.2) is 4.79 Å². The molecule has 0 aliphatic carbocycles. The van der Waals surface area contributed by atoms with Crippen LogP contribution in [-0.2, 0) is 6.18 Å². The van der Waals surface area contributed by atoms with Crippen LogP contribution >= 0.6 is 0 Å². The standard InChI is InChI=1S/C11H10F6N2O3/c12-10(13,14)5-1-3-19(4-2-5)9-18-7(11(15,16)17)6(22-9)8(20)21/h5H,1-4H2,(H,20,21). The van der Waals surface area contributed by atoms with Gasteiger partial charge < -0.3 is 14.4 Å². The number of hydrogen-bond acceptors (Lipinski definition) is 4. The molecule has 1 aliphatic heterocycles. The van der Waals surface area contributed by atoms with Gasteiger partial charge in [-0.05, 0) is 12.8 Å². The molecule has 1 aromatic heterocycles. The Kier molecular flexibility index (Phi) is 4.00. The minimum Gasteiger partial charge on any atom is -0.475 e. The molecule has 124 valence electrons. The number of carbonyl (C=O) groups is 1. The number of anilines is 1. The number of hydrogen-bond donors (Lipinski definition) is 1. The molecule has 0 saturated carbocycles. The summed E-state index contributed by atoms with van der Waals surface area (Å²) in [6.45, 7) is -0.442. The van der Waals surface area contributed by atoms with Crippen molar-refractivity contribution in [3.8, 4) is 0 Å². The molecule has 0 unspecified atom stereocenters. The van der Waals surface area contributed by atoms with Gasteiger partial charge in [0.2, 0.25) is 5.76 Å². The lowest BCUT2D eigenvalue weighted by molar-refractivity contribution is -0.179. The summed E-state index contributed by atoms with van der Waals surface area (Å²) in [5.74, 6) is -4.86. The second kappa shape index (κ2) is 5.36. The van der Waals surface area contributed by atoms with Crippen molar-refractivity contribution in [3.05, 3.63) is 11.5 Å². The van der Waals surface area contributed by atoms with Gasteiger partial charge in [0.05, 0.1) is 5.92 Å². The van der Waals surface area contributed by atoms with E-state index in [9.17, 15) is 31.1 Å². The van der Waals surface area contributed by atoms with E-state index < -0.39 is 41.7 Å². The fraction of sp³-hybridized carbons (Fsp3) is 0.636. The highest BCUT2D eigenvalue weighted by Gasteiger charge is 2.44. The molecule has 0 bridgehead atoms. The molecule has 5 nitrogen and oxygen atoms in total. The van der Waals surface area contributed by atoms with Crippen molar-refractivity contribution in [1.82, 2.24) is 4.98 Å². The van der Waals surface area contributed by atoms with Gasteiger partial charge in [0.1, 0.15) is 0 Å². The normalized spacial score (nSPS) is 17.8. The minimum absolute atomic E-state index is 0.221. The second-order valence-corrected chi connectivity index (χ2v) is 4.78. The molecule has 0 aromatic carbocycles. The van der Waals surface area contributed by atoms with Gasteiger partial charge in [0.15, 0.2) is 5.69 Å². The first-order valence-corrected chi connectivity index (χ1v) is 6.13. The first kappa shape index (κ1) is 16.4. The summed E-state index contributed by atoms with van der Waals surface area (Å²) in [6.07, 6.45) is -10.0. The van der Waals surface area contributed by atoms with Gasteiger partial charge in [-0.1, -0.05) is 0 Å². The third kappa shape index (κ3) is 3.28. The Labute approximate surface area is 119 Å². The maximum atomic E-state index is 12.7. The first-order chi connectivity index (χ1) is 10.00. The number of oxazole rings is 1. The molecular formula is C11H10F6N2O3. The van der Waals surface area contributed by atoms with E-state index in [2.05, 4.69) is 9.40 Å². The largest absolute Gasteiger partial charge is 0.475 e. The van der Waals surface area contributed by atoms with Crippen LogP contribution in [0.5, 0.6) is 0 Å². The van der Waals surface area contributed by atoms with Crippen LogP contribution in [0.25, 0.3) is 0 Å². The van der Waals surface area contributed by atoms with Crippen molar-refractivity contribution in [2.45, 2.75) is 25.2 Å². The van der Waals surface area contributed by atoms with E-state index in [4.69, 9.17) is 5.11 Å². The molecule has 0 spiro atoms. The van der Waals surface area contributed by atoms with Crippen molar-refractivity contribution < 1.29 is 40.7 Å². The molecule has 0 radical (unpaired) electrons. The lowest BCUT2D eigenvalue weighted by Gasteiger charge is -2.31. The van der Waals surface area contributed by atoms with E-state index in [0.29, 0.717) is 0 Å². The van der Waals surface area contributed by atoms with Crippen LogP contribution in [0.4, 0.5) is 32.4 Å². The summed E-state index contributed by atoms with van der Waals surface area (Å²) in [4.78, 5) is 14.9. The molecule has 0 atom stereocenters. The monoisotopic (exact) mass is 332 g/mol.